The molecule has 0 heterocycles. The van der Waals surface area contributed by atoms with Crippen LogP contribution in [0.5, 0.6) is 0 Å². The minimum atomic E-state index is -0.0906. The lowest BCUT2D eigenvalue weighted by Crippen LogP contribution is -2.52. The maximum atomic E-state index is 7.41. The van der Waals surface area contributed by atoms with E-state index in [2.05, 4.69) is 10.4 Å². The smallest absolute Gasteiger partial charge is 0.207 e. The van der Waals surface area contributed by atoms with Crippen LogP contribution in [0.3, 0.4) is 0 Å². The minimum absolute atomic E-state index is 0.0906. The molecule has 0 aromatic carbocycles. The van der Waals surface area contributed by atoms with Crippen molar-refractivity contribution < 1.29 is 0 Å². The van der Waals surface area contributed by atoms with E-state index in [0.29, 0.717) is 26.2 Å². The van der Waals surface area contributed by atoms with Crippen molar-refractivity contribution >= 4 is 11.9 Å². The lowest BCUT2D eigenvalue weighted by Gasteiger charge is -2.23. The van der Waals surface area contributed by atoms with Gasteiger partial charge in [0.15, 0.2) is 0 Å². The normalized spacial score (nSPS) is 11.3. The average Bonchev–Trinajstić information content (AvgIpc) is 2.33. The summed E-state index contributed by atoms with van der Waals surface area (Å²) in [5.74, 6) is 0.169. The fourth-order valence-corrected chi connectivity index (χ4v) is 1.28. The Hall–Kier alpha value is -1.54. The molecule has 8 nitrogen and oxygen atoms in total. The van der Waals surface area contributed by atoms with Crippen molar-refractivity contribution in [3.05, 3.63) is 0 Å². The van der Waals surface area contributed by atoms with E-state index in [1.54, 1.807) is 0 Å². The predicted octanol–water partition coefficient (Wildman–Crippen LogP) is -1.52. The standard InChI is InChI=1S/C10H26N8/c11-5-1-3-7-16-10(15)17-18(9(13)14)8-4-2-6-12/h1-8,11-12H2,(H3,13,14)(H3,15,16,17). The molecule has 0 aliphatic heterocycles. The minimum Gasteiger partial charge on any atom is -0.369 e. The summed E-state index contributed by atoms with van der Waals surface area (Å²) in [5.41, 5.74) is 24.7. The molecule has 0 radical (unpaired) electrons. The highest BCUT2D eigenvalue weighted by Crippen LogP contribution is 1.91. The zero-order chi connectivity index (χ0) is 13.8. The van der Waals surface area contributed by atoms with Crippen molar-refractivity contribution in [2.75, 3.05) is 26.2 Å². The van der Waals surface area contributed by atoms with Crippen LogP contribution < -0.4 is 28.4 Å². The first kappa shape index (κ1) is 16.5. The van der Waals surface area contributed by atoms with Gasteiger partial charge in [0, 0.05) is 13.1 Å². The Balaban J connectivity index is 4.02. The van der Waals surface area contributed by atoms with E-state index >= 15 is 0 Å². The lowest BCUT2D eigenvalue weighted by atomic mass is 10.3. The molecule has 18 heavy (non-hydrogen) atoms. The Morgan fingerprint density at radius 3 is 2.22 bits per heavy atom. The molecule has 0 rings (SSSR count). The van der Waals surface area contributed by atoms with Gasteiger partial charge in [-0.15, -0.1) is 0 Å². The maximum Gasteiger partial charge on any atom is 0.207 e. The molecule has 8 heteroatoms. The van der Waals surface area contributed by atoms with E-state index in [1.165, 1.54) is 5.01 Å². The van der Waals surface area contributed by atoms with Gasteiger partial charge in [0.25, 0.3) is 0 Å². The van der Waals surface area contributed by atoms with Crippen molar-refractivity contribution in [1.82, 2.24) is 10.4 Å². The van der Waals surface area contributed by atoms with Crippen LogP contribution >= 0.6 is 0 Å². The van der Waals surface area contributed by atoms with Crippen molar-refractivity contribution in [2.45, 2.75) is 25.7 Å². The Bertz CT molecular complexity index is 252. The number of hydrogen-bond acceptors (Lipinski definition) is 4. The lowest BCUT2D eigenvalue weighted by molar-refractivity contribution is 0.357. The molecular formula is C10H26N8. The van der Waals surface area contributed by atoms with Gasteiger partial charge >= 0.3 is 0 Å². The summed E-state index contributed by atoms with van der Waals surface area (Å²) < 4.78 is 0. The van der Waals surface area contributed by atoms with E-state index in [1.807, 2.05) is 0 Å². The third-order valence-electron chi connectivity index (χ3n) is 2.27. The molecule has 0 unspecified atom stereocenters. The maximum absolute atomic E-state index is 7.41. The number of rotatable bonds is 8. The molecule has 0 aliphatic carbocycles. The molecule has 10 N–H and O–H groups in total. The quantitative estimate of drug-likeness (QED) is 0.134. The molecule has 106 valence electrons. The van der Waals surface area contributed by atoms with Gasteiger partial charge in [-0.05, 0) is 38.8 Å². The van der Waals surface area contributed by atoms with Gasteiger partial charge in [-0.25, -0.2) is 0 Å². The van der Waals surface area contributed by atoms with Crippen LogP contribution in [0.4, 0.5) is 0 Å². The van der Waals surface area contributed by atoms with Gasteiger partial charge < -0.3 is 22.9 Å². The summed E-state index contributed by atoms with van der Waals surface area (Å²) in [6.07, 6.45) is 3.53. The second-order valence-electron chi connectivity index (χ2n) is 3.91. The molecule has 0 aliphatic rings. The summed E-state index contributed by atoms with van der Waals surface area (Å²) >= 11 is 0. The first-order valence-corrected chi connectivity index (χ1v) is 6.20. The van der Waals surface area contributed by atoms with Crippen LogP contribution in [-0.4, -0.2) is 43.1 Å². The van der Waals surface area contributed by atoms with Gasteiger partial charge in [0.05, 0.1) is 0 Å². The number of unbranched alkanes of at least 4 members (excludes halogenated alkanes) is 2. The Morgan fingerprint density at radius 1 is 1.06 bits per heavy atom. The number of hydrazine groups is 1. The SMILES string of the molecule is N=C(N)N(CCCCN)NC(N)=NCCCCN. The number of nitrogens with two attached hydrogens (primary N) is 4. The summed E-state index contributed by atoms with van der Waals surface area (Å²) in [5, 5.41) is 8.86. The topological polar surface area (TPSA) is 156 Å². The second-order valence-corrected chi connectivity index (χ2v) is 3.91. The Kier molecular flexibility index (Phi) is 9.70. The number of guanidine groups is 2. The molecule has 0 atom stereocenters. The molecule has 0 amide bonds. The van der Waals surface area contributed by atoms with E-state index < -0.39 is 0 Å². The zero-order valence-electron chi connectivity index (χ0n) is 10.9. The highest BCUT2D eigenvalue weighted by molar-refractivity contribution is 5.82. The van der Waals surface area contributed by atoms with Gasteiger partial charge in [0.1, 0.15) is 0 Å². The number of nitrogens with zero attached hydrogens (tertiary/aromatic N) is 2. The molecule has 0 aromatic heterocycles. The second kappa shape index (κ2) is 10.6. The highest BCUT2D eigenvalue weighted by Gasteiger charge is 2.06. The van der Waals surface area contributed by atoms with E-state index in [9.17, 15) is 0 Å². The van der Waals surface area contributed by atoms with E-state index in [4.69, 9.17) is 28.3 Å². The van der Waals surface area contributed by atoms with Gasteiger partial charge in [-0.1, -0.05) is 0 Å². The fourth-order valence-electron chi connectivity index (χ4n) is 1.28. The predicted molar refractivity (Wildman–Crippen MR) is 74.8 cm³/mol. The van der Waals surface area contributed by atoms with Crippen molar-refractivity contribution in [3.63, 3.8) is 0 Å². The molecule has 0 fully saturated rings. The summed E-state index contributed by atoms with van der Waals surface area (Å²) in [6, 6.07) is 0. The number of hydrogen-bond donors (Lipinski definition) is 6. The van der Waals surface area contributed by atoms with Crippen molar-refractivity contribution in [3.8, 4) is 0 Å². The van der Waals surface area contributed by atoms with E-state index in [0.717, 1.165) is 25.7 Å². The zero-order valence-corrected chi connectivity index (χ0v) is 10.9. The molecule has 0 aromatic rings. The Morgan fingerprint density at radius 2 is 1.67 bits per heavy atom. The summed E-state index contributed by atoms with van der Waals surface area (Å²) in [7, 11) is 0. The molecule has 0 spiro atoms. The Labute approximate surface area is 108 Å². The van der Waals surface area contributed by atoms with Gasteiger partial charge in [-0.2, -0.15) is 0 Å². The average molecular weight is 258 g/mol. The van der Waals surface area contributed by atoms with Gasteiger partial charge in [-0.3, -0.25) is 20.8 Å². The number of aliphatic imine (C=N–C) groups is 1. The largest absolute Gasteiger partial charge is 0.369 e. The van der Waals surface area contributed by atoms with Crippen LogP contribution in [0, 0.1) is 5.41 Å². The van der Waals surface area contributed by atoms with Crippen LogP contribution in [0.15, 0.2) is 4.99 Å². The first-order chi connectivity index (χ1) is 8.61. The van der Waals surface area contributed by atoms with Crippen LogP contribution in [0.25, 0.3) is 0 Å². The van der Waals surface area contributed by atoms with Gasteiger partial charge in [0.2, 0.25) is 11.9 Å². The van der Waals surface area contributed by atoms with Crippen molar-refractivity contribution in [2.24, 2.45) is 27.9 Å². The summed E-state index contributed by atoms with van der Waals surface area (Å²) in [6.45, 7) is 2.46. The van der Waals surface area contributed by atoms with Crippen LogP contribution in [-0.2, 0) is 0 Å². The van der Waals surface area contributed by atoms with Crippen LogP contribution in [0.1, 0.15) is 25.7 Å². The molecule has 0 saturated carbocycles. The number of nitrogens with one attached hydrogen (secondary N) is 2. The molecule has 0 saturated heterocycles. The fraction of sp³-hybridized carbons (Fsp3) is 0.800. The monoisotopic (exact) mass is 258 g/mol. The molecular weight excluding hydrogens is 232 g/mol. The first-order valence-electron chi connectivity index (χ1n) is 6.20. The third-order valence-corrected chi connectivity index (χ3v) is 2.27. The van der Waals surface area contributed by atoms with Crippen molar-refractivity contribution in [1.29, 1.82) is 5.41 Å². The third kappa shape index (κ3) is 8.59. The van der Waals surface area contributed by atoms with E-state index in [-0.39, 0.29) is 11.9 Å². The molecule has 0 bridgehead atoms. The van der Waals surface area contributed by atoms with Crippen LogP contribution in [0.2, 0.25) is 0 Å². The highest BCUT2D eigenvalue weighted by atomic mass is 15.6. The summed E-state index contributed by atoms with van der Waals surface area (Å²) in [4.78, 5) is 4.12.